The first-order valence-electron chi connectivity index (χ1n) is 8.69. The lowest BCUT2D eigenvalue weighted by molar-refractivity contribution is -0.121. The Kier molecular flexibility index (Phi) is 6.45. The van der Waals surface area contributed by atoms with Crippen molar-refractivity contribution >= 4 is 11.6 Å². The zero-order chi connectivity index (χ0) is 18.3. The lowest BCUT2D eigenvalue weighted by atomic mass is 9.87. The number of nitrogens with one attached hydrogen (secondary N) is 1. The van der Waals surface area contributed by atoms with E-state index in [1.807, 2.05) is 36.4 Å². The Bertz CT molecular complexity index is 705. The van der Waals surface area contributed by atoms with E-state index in [1.54, 1.807) is 0 Å². The van der Waals surface area contributed by atoms with Crippen LogP contribution in [0.4, 0.5) is 5.69 Å². The molecule has 0 atom stereocenters. The number of rotatable bonds is 7. The number of benzene rings is 2. The molecule has 0 spiro atoms. The number of nitrogen functional groups attached to an aromatic ring is 1. The van der Waals surface area contributed by atoms with E-state index in [0.717, 1.165) is 17.0 Å². The lowest BCUT2D eigenvalue weighted by Gasteiger charge is -2.19. The number of hydrogen-bond acceptors (Lipinski definition) is 3. The molecule has 0 bridgehead atoms. The molecule has 2 aromatic rings. The maximum absolute atomic E-state index is 11.9. The zero-order valence-electron chi connectivity index (χ0n) is 15.3. The summed E-state index contributed by atoms with van der Waals surface area (Å²) in [6.07, 6.45) is 1.07. The zero-order valence-corrected chi connectivity index (χ0v) is 15.3. The monoisotopic (exact) mass is 340 g/mol. The number of nitrogens with two attached hydrogens (primary N) is 1. The van der Waals surface area contributed by atoms with Crippen molar-refractivity contribution in [3.63, 3.8) is 0 Å². The van der Waals surface area contributed by atoms with Gasteiger partial charge in [-0.3, -0.25) is 4.79 Å². The van der Waals surface area contributed by atoms with Crippen LogP contribution in [0.5, 0.6) is 5.75 Å². The van der Waals surface area contributed by atoms with Gasteiger partial charge in [-0.1, -0.05) is 51.1 Å². The highest BCUT2D eigenvalue weighted by atomic mass is 16.5. The first kappa shape index (κ1) is 18.8. The van der Waals surface area contributed by atoms with Crippen LogP contribution < -0.4 is 15.8 Å². The standard InChI is InChI=1S/C21H28N2O2/c1-21(2,3)17-8-6-9-18(15-17)25-14-13-23-20(24)12-11-16-7-4-5-10-19(16)22/h4-10,15H,11-14,22H2,1-3H3,(H,23,24). The van der Waals surface area contributed by atoms with Crippen LogP contribution in [-0.2, 0) is 16.6 Å². The van der Waals surface area contributed by atoms with Gasteiger partial charge in [-0.15, -0.1) is 0 Å². The fourth-order valence-corrected chi connectivity index (χ4v) is 2.51. The molecule has 0 aromatic heterocycles. The van der Waals surface area contributed by atoms with Gasteiger partial charge in [0.15, 0.2) is 0 Å². The number of aryl methyl sites for hydroxylation is 1. The largest absolute Gasteiger partial charge is 0.492 e. The molecular formula is C21H28N2O2. The van der Waals surface area contributed by atoms with Crippen LogP contribution in [0, 0.1) is 0 Å². The molecule has 3 N–H and O–H groups in total. The van der Waals surface area contributed by atoms with E-state index in [4.69, 9.17) is 10.5 Å². The summed E-state index contributed by atoms with van der Waals surface area (Å²) in [6.45, 7) is 7.46. The summed E-state index contributed by atoms with van der Waals surface area (Å²) in [4.78, 5) is 11.9. The van der Waals surface area contributed by atoms with Gasteiger partial charge in [0.2, 0.25) is 5.91 Å². The van der Waals surface area contributed by atoms with Gasteiger partial charge in [0, 0.05) is 12.1 Å². The van der Waals surface area contributed by atoms with Gasteiger partial charge >= 0.3 is 0 Å². The van der Waals surface area contributed by atoms with Crippen LogP contribution in [0.1, 0.15) is 38.3 Å². The van der Waals surface area contributed by atoms with Crippen LogP contribution in [0.25, 0.3) is 0 Å². The molecule has 2 aromatic carbocycles. The summed E-state index contributed by atoms with van der Waals surface area (Å²) in [6, 6.07) is 15.7. The summed E-state index contributed by atoms with van der Waals surface area (Å²) < 4.78 is 5.74. The van der Waals surface area contributed by atoms with Crippen molar-refractivity contribution in [3.8, 4) is 5.75 Å². The van der Waals surface area contributed by atoms with E-state index in [9.17, 15) is 4.79 Å². The van der Waals surface area contributed by atoms with Crippen LogP contribution in [0.3, 0.4) is 0 Å². The second kappa shape index (κ2) is 8.56. The SMILES string of the molecule is CC(C)(C)c1cccc(OCCNC(=O)CCc2ccccc2N)c1. The Morgan fingerprint density at radius 2 is 1.88 bits per heavy atom. The number of carbonyl (C=O) groups is 1. The molecule has 0 aliphatic heterocycles. The smallest absolute Gasteiger partial charge is 0.220 e. The van der Waals surface area contributed by atoms with Crippen LogP contribution >= 0.6 is 0 Å². The number of anilines is 1. The summed E-state index contributed by atoms with van der Waals surface area (Å²) in [5.41, 5.74) is 8.95. The van der Waals surface area contributed by atoms with Gasteiger partial charge in [-0.25, -0.2) is 0 Å². The predicted molar refractivity (Wildman–Crippen MR) is 103 cm³/mol. The highest BCUT2D eigenvalue weighted by molar-refractivity contribution is 5.76. The van der Waals surface area contributed by atoms with E-state index in [1.165, 1.54) is 5.56 Å². The van der Waals surface area contributed by atoms with E-state index < -0.39 is 0 Å². The van der Waals surface area contributed by atoms with Crippen molar-refractivity contribution in [2.75, 3.05) is 18.9 Å². The third-order valence-corrected chi connectivity index (χ3v) is 4.07. The fourth-order valence-electron chi connectivity index (χ4n) is 2.51. The Labute approximate surface area is 150 Å². The van der Waals surface area contributed by atoms with Gasteiger partial charge in [0.1, 0.15) is 12.4 Å². The molecule has 0 heterocycles. The van der Waals surface area contributed by atoms with Crippen molar-refractivity contribution in [1.29, 1.82) is 0 Å². The number of carbonyl (C=O) groups excluding carboxylic acids is 1. The topological polar surface area (TPSA) is 64.3 Å². The maximum Gasteiger partial charge on any atom is 0.220 e. The van der Waals surface area contributed by atoms with Crippen molar-refractivity contribution in [3.05, 3.63) is 59.7 Å². The van der Waals surface area contributed by atoms with Crippen LogP contribution in [0.2, 0.25) is 0 Å². The molecule has 0 saturated carbocycles. The molecule has 25 heavy (non-hydrogen) atoms. The van der Waals surface area contributed by atoms with Gasteiger partial charge in [-0.05, 0) is 41.2 Å². The Morgan fingerprint density at radius 3 is 2.60 bits per heavy atom. The maximum atomic E-state index is 11.9. The average molecular weight is 340 g/mol. The number of ether oxygens (including phenoxy) is 1. The van der Waals surface area contributed by atoms with Crippen molar-refractivity contribution < 1.29 is 9.53 Å². The molecule has 134 valence electrons. The molecule has 0 aliphatic carbocycles. The third-order valence-electron chi connectivity index (χ3n) is 4.07. The van der Waals surface area contributed by atoms with Crippen molar-refractivity contribution in [1.82, 2.24) is 5.32 Å². The summed E-state index contributed by atoms with van der Waals surface area (Å²) in [7, 11) is 0. The van der Waals surface area contributed by atoms with Gasteiger partial charge in [0.05, 0.1) is 6.54 Å². The molecule has 0 unspecified atom stereocenters. The van der Waals surface area contributed by atoms with Crippen molar-refractivity contribution in [2.24, 2.45) is 0 Å². The summed E-state index contributed by atoms with van der Waals surface area (Å²) in [5.74, 6) is 0.842. The highest BCUT2D eigenvalue weighted by Gasteiger charge is 2.13. The summed E-state index contributed by atoms with van der Waals surface area (Å²) >= 11 is 0. The van der Waals surface area contributed by atoms with Gasteiger partial charge in [0.25, 0.3) is 0 Å². The molecule has 1 amide bonds. The van der Waals surface area contributed by atoms with Crippen LogP contribution in [-0.4, -0.2) is 19.1 Å². The average Bonchev–Trinajstić information content (AvgIpc) is 2.57. The van der Waals surface area contributed by atoms with E-state index in [-0.39, 0.29) is 11.3 Å². The Morgan fingerprint density at radius 1 is 1.12 bits per heavy atom. The van der Waals surface area contributed by atoms with E-state index in [2.05, 4.69) is 38.2 Å². The quantitative estimate of drug-likeness (QED) is 0.597. The highest BCUT2D eigenvalue weighted by Crippen LogP contribution is 2.25. The summed E-state index contributed by atoms with van der Waals surface area (Å²) in [5, 5.41) is 2.88. The molecule has 0 radical (unpaired) electrons. The van der Waals surface area contributed by atoms with E-state index >= 15 is 0 Å². The molecule has 0 aliphatic rings. The number of para-hydroxylation sites is 1. The Balaban J connectivity index is 1.71. The van der Waals surface area contributed by atoms with E-state index in [0.29, 0.717) is 26.0 Å². The minimum atomic E-state index is 0.00953. The minimum Gasteiger partial charge on any atom is -0.492 e. The molecule has 0 saturated heterocycles. The number of hydrogen-bond donors (Lipinski definition) is 2. The number of amides is 1. The van der Waals surface area contributed by atoms with Gasteiger partial charge in [-0.2, -0.15) is 0 Å². The van der Waals surface area contributed by atoms with Gasteiger partial charge < -0.3 is 15.8 Å². The first-order valence-corrected chi connectivity index (χ1v) is 8.69. The lowest BCUT2D eigenvalue weighted by Crippen LogP contribution is -2.28. The molecule has 4 heteroatoms. The first-order chi connectivity index (χ1) is 11.9. The second-order valence-electron chi connectivity index (χ2n) is 7.18. The molecule has 2 rings (SSSR count). The van der Waals surface area contributed by atoms with Crippen molar-refractivity contribution in [2.45, 2.75) is 39.0 Å². The molecule has 4 nitrogen and oxygen atoms in total. The minimum absolute atomic E-state index is 0.00953. The Hall–Kier alpha value is -2.49. The molecular weight excluding hydrogens is 312 g/mol. The molecule has 0 fully saturated rings. The predicted octanol–water partition coefficient (Wildman–Crippen LogP) is 3.69. The van der Waals surface area contributed by atoms with Crippen LogP contribution in [0.15, 0.2) is 48.5 Å². The second-order valence-corrected chi connectivity index (χ2v) is 7.18. The fraction of sp³-hybridized carbons (Fsp3) is 0.381. The third kappa shape index (κ3) is 6.14. The normalized spacial score (nSPS) is 11.2.